The second kappa shape index (κ2) is 6.54. The van der Waals surface area contributed by atoms with Gasteiger partial charge in [0.15, 0.2) is 11.5 Å². The first-order valence-corrected chi connectivity index (χ1v) is 8.89. The predicted octanol–water partition coefficient (Wildman–Crippen LogP) is 4.02. The van der Waals surface area contributed by atoms with Gasteiger partial charge < -0.3 is 24.3 Å². The van der Waals surface area contributed by atoms with Crippen molar-refractivity contribution in [3.8, 4) is 17.2 Å². The average Bonchev–Trinajstić information content (AvgIpc) is 3.30. The van der Waals surface area contributed by atoms with Crippen LogP contribution < -0.4 is 19.5 Å². The minimum absolute atomic E-state index is 0.0260. The first-order valence-electron chi connectivity index (χ1n) is 8.89. The number of ether oxygens (including phenoxy) is 4. The molecular weight excluding hydrogens is 410 g/mol. The van der Waals surface area contributed by atoms with Crippen LogP contribution in [0.1, 0.15) is 17.0 Å². The van der Waals surface area contributed by atoms with Crippen LogP contribution in [0.15, 0.2) is 47.7 Å². The Kier molecular flexibility index (Phi) is 4.05. The van der Waals surface area contributed by atoms with Gasteiger partial charge in [-0.15, -0.1) is 0 Å². The van der Waals surface area contributed by atoms with Gasteiger partial charge in [-0.2, -0.15) is 17.6 Å². The Labute approximate surface area is 167 Å². The summed E-state index contributed by atoms with van der Waals surface area (Å²) in [4.78, 5) is 12.4. The molecule has 156 valence electrons. The summed E-state index contributed by atoms with van der Waals surface area (Å²) in [6.45, 7) is 0.0717. The number of fused-ring (bicyclic) bond motifs is 2. The highest BCUT2D eigenvalue weighted by molar-refractivity contribution is 5.97. The van der Waals surface area contributed by atoms with Crippen LogP contribution in [0.25, 0.3) is 0 Å². The van der Waals surface area contributed by atoms with Crippen molar-refractivity contribution in [1.82, 2.24) is 0 Å². The molecule has 0 fully saturated rings. The molecule has 3 heterocycles. The van der Waals surface area contributed by atoms with Crippen LogP contribution >= 0.6 is 0 Å². The van der Waals surface area contributed by atoms with Crippen LogP contribution in [0.2, 0.25) is 0 Å². The van der Waals surface area contributed by atoms with E-state index in [1.54, 1.807) is 18.2 Å². The molecule has 2 aromatic carbocycles. The maximum absolute atomic E-state index is 13.4. The molecule has 5 rings (SSSR count). The quantitative estimate of drug-likeness (QED) is 0.592. The number of anilines is 1. The summed E-state index contributed by atoms with van der Waals surface area (Å²) in [5, 5.41) is 3.13. The number of alkyl halides is 4. The monoisotopic (exact) mass is 423 g/mol. The minimum Gasteiger partial charge on any atom is -0.456 e. The van der Waals surface area contributed by atoms with Gasteiger partial charge in [0, 0.05) is 17.7 Å². The van der Waals surface area contributed by atoms with Crippen LogP contribution in [-0.4, -0.2) is 31.9 Å². The van der Waals surface area contributed by atoms with E-state index in [2.05, 4.69) is 10.1 Å². The molecule has 30 heavy (non-hydrogen) atoms. The highest BCUT2D eigenvalue weighted by Crippen LogP contribution is 2.49. The molecule has 3 aliphatic heterocycles. The highest BCUT2D eigenvalue weighted by Gasteiger charge is 2.44. The molecule has 0 saturated carbocycles. The number of benzene rings is 2. The lowest BCUT2D eigenvalue weighted by molar-refractivity contribution is -0.253. The number of carbonyl (C=O) groups is 1. The first-order chi connectivity index (χ1) is 14.3. The second-order valence-electron chi connectivity index (χ2n) is 6.86. The zero-order valence-corrected chi connectivity index (χ0v) is 15.1. The fraction of sp³-hybridized carbons (Fsp3) is 0.250. The summed E-state index contributed by atoms with van der Waals surface area (Å²) in [5.41, 5.74) is 2.48. The van der Waals surface area contributed by atoms with Crippen molar-refractivity contribution in [2.24, 2.45) is 0 Å². The molecule has 0 bridgehead atoms. The third-order valence-electron chi connectivity index (χ3n) is 5.02. The highest BCUT2D eigenvalue weighted by atomic mass is 19.3. The van der Waals surface area contributed by atoms with E-state index in [1.165, 1.54) is 12.1 Å². The number of carbonyl (C=O) groups excluding carboxylic acids is 1. The number of rotatable bonds is 4. The van der Waals surface area contributed by atoms with E-state index >= 15 is 0 Å². The van der Waals surface area contributed by atoms with E-state index in [4.69, 9.17) is 14.2 Å². The van der Waals surface area contributed by atoms with Gasteiger partial charge in [0.25, 0.3) is 0 Å². The number of halogens is 4. The number of hydrogen-bond acceptors (Lipinski definition) is 6. The van der Waals surface area contributed by atoms with E-state index < -0.39 is 30.2 Å². The van der Waals surface area contributed by atoms with E-state index in [1.807, 2.05) is 0 Å². The molecule has 1 atom stereocenters. The smallest absolute Gasteiger partial charge is 0.456 e. The first kappa shape index (κ1) is 18.6. The molecule has 0 aromatic heterocycles. The molecule has 0 radical (unpaired) electrons. The van der Waals surface area contributed by atoms with Crippen LogP contribution in [0.3, 0.4) is 0 Å². The Balaban J connectivity index is 1.61. The third kappa shape index (κ3) is 2.90. The van der Waals surface area contributed by atoms with Crippen LogP contribution in [0.5, 0.6) is 17.2 Å². The molecule has 1 unspecified atom stereocenters. The normalized spacial score (nSPS) is 19.4. The second-order valence-corrected chi connectivity index (χ2v) is 6.86. The Morgan fingerprint density at radius 3 is 2.63 bits per heavy atom. The molecule has 0 saturated heterocycles. The van der Waals surface area contributed by atoms with Crippen molar-refractivity contribution in [2.45, 2.75) is 18.5 Å². The number of esters is 1. The third-order valence-corrected chi connectivity index (χ3v) is 5.02. The van der Waals surface area contributed by atoms with Crippen LogP contribution in [0.4, 0.5) is 23.2 Å². The summed E-state index contributed by atoms with van der Waals surface area (Å²) >= 11 is 0. The van der Waals surface area contributed by atoms with Crippen LogP contribution in [0, 0.1) is 0 Å². The summed E-state index contributed by atoms with van der Waals surface area (Å²) in [6, 6.07) is 8.73. The molecule has 0 spiro atoms. The van der Waals surface area contributed by atoms with Gasteiger partial charge in [-0.3, -0.25) is 0 Å². The summed E-state index contributed by atoms with van der Waals surface area (Å²) in [6.07, 6.45) is -8.63. The number of hydrogen-bond donors (Lipinski definition) is 1. The standard InChI is InChI=1S/C20H13F4NO5/c21-19(22)20(23,24)30-10-3-1-2-9(4-10)16-11-5-14-15(29-8-28-14)6-12(11)25-13-7-27-18(26)17(13)16/h1-6,16,19,25H,7-8H2. The molecule has 6 nitrogen and oxygen atoms in total. The minimum atomic E-state index is -4.65. The average molecular weight is 423 g/mol. The SMILES string of the molecule is O=C1OCC2=C1C(c1cccc(OC(F)(F)C(F)F)c1)c1cc3c(cc1N2)OCO3. The fourth-order valence-corrected chi connectivity index (χ4v) is 3.74. The Morgan fingerprint density at radius 1 is 1.10 bits per heavy atom. The summed E-state index contributed by atoms with van der Waals surface area (Å²) in [7, 11) is 0. The van der Waals surface area contributed by atoms with Gasteiger partial charge in [-0.05, 0) is 29.3 Å². The topological polar surface area (TPSA) is 66.0 Å². The lowest BCUT2D eigenvalue weighted by atomic mass is 9.81. The summed E-state index contributed by atoms with van der Waals surface area (Å²) < 4.78 is 72.0. The lowest BCUT2D eigenvalue weighted by Gasteiger charge is -2.28. The lowest BCUT2D eigenvalue weighted by Crippen LogP contribution is -2.33. The molecule has 0 aliphatic carbocycles. The van der Waals surface area contributed by atoms with Crippen molar-refractivity contribution < 1.29 is 41.3 Å². The van der Waals surface area contributed by atoms with Gasteiger partial charge in [0.1, 0.15) is 12.4 Å². The van der Waals surface area contributed by atoms with Gasteiger partial charge in [-0.25, -0.2) is 4.79 Å². The molecule has 2 aromatic rings. The van der Waals surface area contributed by atoms with Crippen molar-refractivity contribution >= 4 is 11.7 Å². The van der Waals surface area contributed by atoms with Gasteiger partial charge in [0.2, 0.25) is 6.79 Å². The zero-order valence-electron chi connectivity index (χ0n) is 15.1. The zero-order chi connectivity index (χ0) is 21.0. The number of cyclic esters (lactones) is 1. The van der Waals surface area contributed by atoms with Crippen molar-refractivity contribution in [3.63, 3.8) is 0 Å². The largest absolute Gasteiger partial charge is 0.461 e. The van der Waals surface area contributed by atoms with Gasteiger partial charge in [-0.1, -0.05) is 12.1 Å². The van der Waals surface area contributed by atoms with Crippen molar-refractivity contribution in [2.75, 3.05) is 18.7 Å². The van der Waals surface area contributed by atoms with E-state index in [9.17, 15) is 22.4 Å². The molecular formula is C20H13F4NO5. The predicted molar refractivity (Wildman–Crippen MR) is 94.0 cm³/mol. The number of nitrogens with one attached hydrogen (secondary N) is 1. The Morgan fingerprint density at radius 2 is 1.87 bits per heavy atom. The Bertz CT molecular complexity index is 1080. The van der Waals surface area contributed by atoms with E-state index in [0.29, 0.717) is 39.6 Å². The van der Waals surface area contributed by atoms with E-state index in [0.717, 1.165) is 6.07 Å². The van der Waals surface area contributed by atoms with Crippen molar-refractivity contribution in [1.29, 1.82) is 0 Å². The van der Waals surface area contributed by atoms with Gasteiger partial charge >= 0.3 is 18.5 Å². The molecule has 10 heteroatoms. The molecule has 1 N–H and O–H groups in total. The van der Waals surface area contributed by atoms with E-state index in [-0.39, 0.29) is 13.4 Å². The Hall–Kier alpha value is -3.43. The summed E-state index contributed by atoms with van der Waals surface area (Å²) in [5.74, 6) is -0.734. The van der Waals surface area contributed by atoms with Crippen molar-refractivity contribution in [3.05, 3.63) is 58.8 Å². The van der Waals surface area contributed by atoms with Gasteiger partial charge in [0.05, 0.1) is 11.3 Å². The molecule has 3 aliphatic rings. The molecule has 0 amide bonds. The maximum Gasteiger partial charge on any atom is 0.461 e. The maximum atomic E-state index is 13.4. The fourth-order valence-electron chi connectivity index (χ4n) is 3.74. The van der Waals surface area contributed by atoms with Crippen LogP contribution in [-0.2, 0) is 9.53 Å².